The van der Waals surface area contributed by atoms with E-state index in [2.05, 4.69) is 24.0 Å². The van der Waals surface area contributed by atoms with Crippen molar-refractivity contribution in [2.24, 2.45) is 0 Å². The first-order chi connectivity index (χ1) is 8.26. The molecule has 0 N–H and O–H groups in total. The zero-order chi connectivity index (χ0) is 12.3. The van der Waals surface area contributed by atoms with Crippen LogP contribution >= 0.6 is 11.8 Å². The highest BCUT2D eigenvalue weighted by Gasteiger charge is 2.24. The van der Waals surface area contributed by atoms with Gasteiger partial charge in [-0.05, 0) is 26.0 Å². The molecule has 1 aromatic rings. The third-order valence-electron chi connectivity index (χ3n) is 2.48. The molecule has 0 bridgehead atoms. The van der Waals surface area contributed by atoms with Crippen molar-refractivity contribution in [2.45, 2.75) is 18.7 Å². The molecular weight excluding hydrogens is 234 g/mol. The summed E-state index contributed by atoms with van der Waals surface area (Å²) < 4.78 is 4.94. The third kappa shape index (κ3) is 2.47. The fraction of sp³-hybridized carbons (Fsp3) is 0.308. The zero-order valence-electron chi connectivity index (χ0n) is 9.97. The molecule has 0 atom stereocenters. The maximum absolute atomic E-state index is 11.5. The Kier molecular flexibility index (Phi) is 3.74. The Morgan fingerprint density at radius 1 is 1.41 bits per heavy atom. The second kappa shape index (κ2) is 5.27. The van der Waals surface area contributed by atoms with Crippen LogP contribution in [0.3, 0.4) is 0 Å². The van der Waals surface area contributed by atoms with E-state index in [1.54, 1.807) is 17.8 Å². The summed E-state index contributed by atoms with van der Waals surface area (Å²) in [6.45, 7) is 5.13. The minimum Gasteiger partial charge on any atom is -0.463 e. The highest BCUT2D eigenvalue weighted by atomic mass is 32.2. The van der Waals surface area contributed by atoms with Crippen molar-refractivity contribution in [2.75, 3.05) is 18.1 Å². The SMILES string of the molecule is CCOC(=O)C=C1Sc2ccccc2N1CC. The number of esters is 1. The van der Waals surface area contributed by atoms with Crippen molar-refractivity contribution >= 4 is 23.4 Å². The number of anilines is 1. The summed E-state index contributed by atoms with van der Waals surface area (Å²) >= 11 is 1.61. The highest BCUT2D eigenvalue weighted by Crippen LogP contribution is 2.45. The van der Waals surface area contributed by atoms with E-state index in [4.69, 9.17) is 4.74 Å². The zero-order valence-corrected chi connectivity index (χ0v) is 10.8. The molecule has 0 saturated heterocycles. The van der Waals surface area contributed by atoms with Crippen LogP contribution in [-0.2, 0) is 9.53 Å². The number of thioether (sulfide) groups is 1. The standard InChI is InChI=1S/C13H15NO2S/c1-3-14-10-7-5-6-8-11(10)17-12(14)9-13(15)16-4-2/h5-9H,3-4H2,1-2H3. The number of para-hydroxylation sites is 1. The largest absolute Gasteiger partial charge is 0.463 e. The summed E-state index contributed by atoms with van der Waals surface area (Å²) in [5.74, 6) is -0.277. The predicted octanol–water partition coefficient (Wildman–Crippen LogP) is 3.02. The Balaban J connectivity index is 2.26. The number of hydrogen-bond donors (Lipinski definition) is 0. The van der Waals surface area contributed by atoms with Gasteiger partial charge in [0.25, 0.3) is 0 Å². The monoisotopic (exact) mass is 249 g/mol. The van der Waals surface area contributed by atoms with Crippen LogP contribution in [0.2, 0.25) is 0 Å². The molecule has 0 aromatic heterocycles. The van der Waals surface area contributed by atoms with Gasteiger partial charge in [0.2, 0.25) is 0 Å². The van der Waals surface area contributed by atoms with E-state index in [1.807, 2.05) is 19.1 Å². The third-order valence-corrected chi connectivity index (χ3v) is 3.59. The number of ether oxygens (including phenoxy) is 1. The van der Waals surface area contributed by atoms with Gasteiger partial charge in [0, 0.05) is 11.4 Å². The Morgan fingerprint density at radius 3 is 2.88 bits per heavy atom. The first-order valence-electron chi connectivity index (χ1n) is 5.69. The molecule has 0 saturated carbocycles. The molecule has 17 heavy (non-hydrogen) atoms. The van der Waals surface area contributed by atoms with E-state index in [-0.39, 0.29) is 5.97 Å². The van der Waals surface area contributed by atoms with Gasteiger partial charge in [-0.1, -0.05) is 23.9 Å². The van der Waals surface area contributed by atoms with E-state index in [0.717, 1.165) is 17.3 Å². The number of fused-ring (bicyclic) bond motifs is 1. The van der Waals surface area contributed by atoms with Gasteiger partial charge in [-0.25, -0.2) is 4.79 Å². The Hall–Kier alpha value is -1.42. The number of rotatable bonds is 3. The second-order valence-corrected chi connectivity index (χ2v) is 4.61. The molecule has 0 radical (unpaired) electrons. The fourth-order valence-corrected chi connectivity index (χ4v) is 2.92. The van der Waals surface area contributed by atoms with Crippen molar-refractivity contribution in [3.05, 3.63) is 35.4 Å². The summed E-state index contributed by atoms with van der Waals surface area (Å²) in [5.41, 5.74) is 1.16. The first kappa shape index (κ1) is 12.0. The van der Waals surface area contributed by atoms with E-state index < -0.39 is 0 Å². The number of hydrogen-bond acceptors (Lipinski definition) is 4. The molecule has 0 fully saturated rings. The Labute approximate surface area is 105 Å². The van der Waals surface area contributed by atoms with Crippen LogP contribution in [0, 0.1) is 0 Å². The van der Waals surface area contributed by atoms with Crippen LogP contribution in [0.4, 0.5) is 5.69 Å². The minimum absolute atomic E-state index is 0.277. The lowest BCUT2D eigenvalue weighted by atomic mass is 10.3. The molecule has 0 aliphatic carbocycles. The first-order valence-corrected chi connectivity index (χ1v) is 6.50. The fourth-order valence-electron chi connectivity index (χ4n) is 1.77. The molecule has 0 spiro atoms. The molecule has 90 valence electrons. The number of nitrogens with zero attached hydrogens (tertiary/aromatic N) is 1. The van der Waals surface area contributed by atoms with Crippen LogP contribution in [0.15, 0.2) is 40.3 Å². The van der Waals surface area contributed by atoms with Gasteiger partial charge in [0.05, 0.1) is 23.4 Å². The van der Waals surface area contributed by atoms with Crippen molar-refractivity contribution in [3.63, 3.8) is 0 Å². The molecule has 1 aliphatic rings. The highest BCUT2D eigenvalue weighted by molar-refractivity contribution is 8.03. The predicted molar refractivity (Wildman–Crippen MR) is 70.0 cm³/mol. The normalized spacial score (nSPS) is 16.1. The topological polar surface area (TPSA) is 29.5 Å². The minimum atomic E-state index is -0.277. The Bertz CT molecular complexity index is 456. The van der Waals surface area contributed by atoms with Crippen molar-refractivity contribution in [1.82, 2.24) is 0 Å². The molecular formula is C13H15NO2S. The van der Waals surface area contributed by atoms with Crippen LogP contribution in [0.5, 0.6) is 0 Å². The molecule has 0 unspecified atom stereocenters. The number of carbonyl (C=O) groups excluding carboxylic acids is 1. The second-order valence-electron chi connectivity index (χ2n) is 3.55. The summed E-state index contributed by atoms with van der Waals surface area (Å²) in [4.78, 5) is 14.8. The molecule has 1 heterocycles. The van der Waals surface area contributed by atoms with E-state index in [9.17, 15) is 4.79 Å². The van der Waals surface area contributed by atoms with Gasteiger partial charge in [-0.3, -0.25) is 0 Å². The van der Waals surface area contributed by atoms with Crippen molar-refractivity contribution in [1.29, 1.82) is 0 Å². The average molecular weight is 249 g/mol. The van der Waals surface area contributed by atoms with E-state index >= 15 is 0 Å². The smallest absolute Gasteiger partial charge is 0.333 e. The lowest BCUT2D eigenvalue weighted by Crippen LogP contribution is -2.17. The molecule has 2 rings (SSSR count). The summed E-state index contributed by atoms with van der Waals surface area (Å²) in [6, 6.07) is 8.15. The van der Waals surface area contributed by atoms with Gasteiger partial charge in [0.1, 0.15) is 0 Å². The van der Waals surface area contributed by atoms with Crippen LogP contribution in [-0.4, -0.2) is 19.1 Å². The Morgan fingerprint density at radius 2 is 2.18 bits per heavy atom. The van der Waals surface area contributed by atoms with Gasteiger partial charge in [0.15, 0.2) is 0 Å². The number of carbonyl (C=O) groups is 1. The van der Waals surface area contributed by atoms with Crippen molar-refractivity contribution in [3.8, 4) is 0 Å². The van der Waals surface area contributed by atoms with E-state index in [0.29, 0.717) is 6.61 Å². The average Bonchev–Trinajstić information content (AvgIpc) is 2.66. The van der Waals surface area contributed by atoms with E-state index in [1.165, 1.54) is 4.90 Å². The van der Waals surface area contributed by atoms with Crippen molar-refractivity contribution < 1.29 is 9.53 Å². The van der Waals surface area contributed by atoms with Gasteiger partial charge in [-0.15, -0.1) is 0 Å². The molecule has 1 aromatic carbocycles. The van der Waals surface area contributed by atoms with Gasteiger partial charge >= 0.3 is 5.97 Å². The lowest BCUT2D eigenvalue weighted by molar-refractivity contribution is -0.137. The van der Waals surface area contributed by atoms with Crippen LogP contribution in [0.25, 0.3) is 0 Å². The quantitative estimate of drug-likeness (QED) is 0.608. The summed E-state index contributed by atoms with van der Waals surface area (Å²) in [6.07, 6.45) is 1.57. The molecule has 1 aliphatic heterocycles. The summed E-state index contributed by atoms with van der Waals surface area (Å²) in [5, 5.41) is 0.937. The van der Waals surface area contributed by atoms with Gasteiger partial charge < -0.3 is 9.64 Å². The molecule has 3 nitrogen and oxygen atoms in total. The maximum atomic E-state index is 11.5. The summed E-state index contributed by atoms with van der Waals surface area (Å²) in [7, 11) is 0. The van der Waals surface area contributed by atoms with Gasteiger partial charge in [-0.2, -0.15) is 0 Å². The van der Waals surface area contributed by atoms with Crippen LogP contribution < -0.4 is 4.90 Å². The molecule has 4 heteroatoms. The van der Waals surface area contributed by atoms with Crippen LogP contribution in [0.1, 0.15) is 13.8 Å². The molecule has 0 amide bonds. The lowest BCUT2D eigenvalue weighted by Gasteiger charge is -2.17. The number of benzene rings is 1. The maximum Gasteiger partial charge on any atom is 0.333 e.